The van der Waals surface area contributed by atoms with Crippen molar-refractivity contribution in [3.8, 4) is 0 Å². The fourth-order valence-corrected chi connectivity index (χ4v) is 5.52. The predicted octanol–water partition coefficient (Wildman–Crippen LogP) is 2.20. The summed E-state index contributed by atoms with van der Waals surface area (Å²) in [7, 11) is -3.55. The highest BCUT2D eigenvalue weighted by molar-refractivity contribution is 7.91. The summed E-state index contributed by atoms with van der Waals surface area (Å²) >= 11 is 1.14. The molecule has 0 atom stereocenters. The molecule has 7 nitrogen and oxygen atoms in total. The largest absolute Gasteiger partial charge is 0.435 e. The van der Waals surface area contributed by atoms with Crippen LogP contribution in [0.3, 0.4) is 0 Å². The van der Waals surface area contributed by atoms with Gasteiger partial charge in [-0.25, -0.2) is 8.42 Å². The molecule has 0 spiro atoms. The second kappa shape index (κ2) is 7.84. The number of aromatic nitrogens is 2. The lowest BCUT2D eigenvalue weighted by molar-refractivity contribution is -0.141. The molecule has 2 aromatic heterocycles. The molecular formula is C16H19F3N4O3S2. The van der Waals surface area contributed by atoms with Crippen molar-refractivity contribution in [2.45, 2.75) is 30.3 Å². The minimum absolute atomic E-state index is 0.00249. The van der Waals surface area contributed by atoms with Gasteiger partial charge in [0.15, 0.2) is 5.69 Å². The summed E-state index contributed by atoms with van der Waals surface area (Å²) in [6.45, 7) is 2.40. The van der Waals surface area contributed by atoms with Gasteiger partial charge in [0.25, 0.3) is 10.0 Å². The molecule has 3 rings (SSSR count). The van der Waals surface area contributed by atoms with Crippen LogP contribution in [0.25, 0.3) is 0 Å². The van der Waals surface area contributed by atoms with Crippen molar-refractivity contribution in [2.24, 2.45) is 0 Å². The van der Waals surface area contributed by atoms with Gasteiger partial charge in [0.05, 0.1) is 0 Å². The van der Waals surface area contributed by atoms with Crippen molar-refractivity contribution in [1.29, 1.82) is 0 Å². The average Bonchev–Trinajstić information content (AvgIpc) is 3.30. The number of nitrogens with zero attached hydrogens (tertiary/aromatic N) is 4. The predicted molar refractivity (Wildman–Crippen MR) is 96.2 cm³/mol. The quantitative estimate of drug-likeness (QED) is 0.720. The summed E-state index contributed by atoms with van der Waals surface area (Å²) in [6, 6.07) is 4.15. The van der Waals surface area contributed by atoms with Crippen LogP contribution in [-0.4, -0.2) is 59.5 Å². The molecule has 0 radical (unpaired) electrons. The molecule has 1 saturated heterocycles. The van der Waals surface area contributed by atoms with Gasteiger partial charge in [-0.05, 0) is 24.4 Å². The summed E-state index contributed by atoms with van der Waals surface area (Å²) in [5.74, 6) is -0.239. The number of amides is 1. The molecule has 1 aliphatic heterocycles. The minimum Gasteiger partial charge on any atom is -0.340 e. The number of piperazine rings is 1. The number of hydrogen-bond donors (Lipinski definition) is 0. The maximum atomic E-state index is 12.7. The normalized spacial score (nSPS) is 16.5. The highest BCUT2D eigenvalue weighted by atomic mass is 32.2. The van der Waals surface area contributed by atoms with Crippen LogP contribution in [0.2, 0.25) is 0 Å². The van der Waals surface area contributed by atoms with E-state index in [1.54, 1.807) is 17.5 Å². The van der Waals surface area contributed by atoms with Crippen molar-refractivity contribution in [2.75, 3.05) is 26.2 Å². The molecular weight excluding hydrogens is 417 g/mol. The zero-order chi connectivity index (χ0) is 20.5. The average molecular weight is 436 g/mol. The number of alkyl halides is 3. The number of halogens is 3. The monoisotopic (exact) mass is 436 g/mol. The first kappa shape index (κ1) is 20.8. The highest BCUT2D eigenvalue weighted by Gasteiger charge is 2.34. The van der Waals surface area contributed by atoms with Gasteiger partial charge in [0.1, 0.15) is 4.21 Å². The van der Waals surface area contributed by atoms with E-state index >= 15 is 0 Å². The maximum Gasteiger partial charge on any atom is 0.435 e. The van der Waals surface area contributed by atoms with Crippen LogP contribution >= 0.6 is 11.3 Å². The van der Waals surface area contributed by atoms with E-state index in [1.807, 2.05) is 0 Å². The second-order valence-electron chi connectivity index (χ2n) is 6.36. The number of aryl methyl sites for hydroxylation is 2. The summed E-state index contributed by atoms with van der Waals surface area (Å²) in [5.41, 5.74) is -0.656. The summed E-state index contributed by atoms with van der Waals surface area (Å²) < 4.78 is 65.9. The Morgan fingerprint density at radius 3 is 2.46 bits per heavy atom. The highest BCUT2D eigenvalue weighted by Crippen LogP contribution is 2.28. The number of hydrogen-bond acceptors (Lipinski definition) is 5. The third-order valence-electron chi connectivity index (χ3n) is 4.49. The lowest BCUT2D eigenvalue weighted by Crippen LogP contribution is -2.50. The fraction of sp³-hybridized carbons (Fsp3) is 0.500. The summed E-state index contributed by atoms with van der Waals surface area (Å²) in [4.78, 5) is 13.9. The van der Waals surface area contributed by atoms with Crippen LogP contribution in [-0.2, 0) is 27.5 Å². The smallest absolute Gasteiger partial charge is 0.340 e. The summed E-state index contributed by atoms with van der Waals surface area (Å²) in [5, 5.41) is 5.19. The van der Waals surface area contributed by atoms with Crippen LogP contribution in [0, 0.1) is 6.92 Å². The van der Waals surface area contributed by atoms with E-state index in [1.165, 1.54) is 16.1 Å². The third-order valence-corrected chi connectivity index (χ3v) is 7.76. The summed E-state index contributed by atoms with van der Waals surface area (Å²) in [6.07, 6.45) is -4.53. The molecule has 154 valence electrons. The van der Waals surface area contributed by atoms with Crippen LogP contribution in [0.15, 0.2) is 27.8 Å². The van der Waals surface area contributed by atoms with E-state index in [0.29, 0.717) is 5.69 Å². The zero-order valence-electron chi connectivity index (χ0n) is 15.0. The van der Waals surface area contributed by atoms with Crippen molar-refractivity contribution >= 4 is 27.3 Å². The van der Waals surface area contributed by atoms with Gasteiger partial charge in [-0.15, -0.1) is 11.3 Å². The Labute approximate surface area is 164 Å². The van der Waals surface area contributed by atoms with Crippen LogP contribution in [0.4, 0.5) is 13.2 Å². The second-order valence-corrected chi connectivity index (χ2v) is 9.47. The van der Waals surface area contributed by atoms with E-state index < -0.39 is 21.9 Å². The molecule has 0 aliphatic carbocycles. The van der Waals surface area contributed by atoms with Gasteiger partial charge >= 0.3 is 6.18 Å². The Morgan fingerprint density at radius 2 is 1.93 bits per heavy atom. The van der Waals surface area contributed by atoms with Crippen molar-refractivity contribution in [1.82, 2.24) is 19.0 Å². The maximum absolute atomic E-state index is 12.7. The first-order valence-electron chi connectivity index (χ1n) is 8.52. The molecule has 3 heterocycles. The Kier molecular flexibility index (Phi) is 5.82. The molecule has 2 aromatic rings. The SMILES string of the molecule is Cc1cc(C(F)(F)F)nn1CCC(=O)N1CCN(S(=O)(=O)c2cccs2)CC1. The Bertz CT molecular complexity index is 931. The van der Waals surface area contributed by atoms with Gasteiger partial charge in [-0.2, -0.15) is 22.6 Å². The molecule has 12 heteroatoms. The minimum atomic E-state index is -4.52. The van der Waals surface area contributed by atoms with E-state index in [4.69, 9.17) is 0 Å². The van der Waals surface area contributed by atoms with E-state index in [9.17, 15) is 26.4 Å². The molecule has 28 heavy (non-hydrogen) atoms. The van der Waals surface area contributed by atoms with Gasteiger partial charge in [0, 0.05) is 44.8 Å². The molecule has 1 fully saturated rings. The van der Waals surface area contributed by atoms with E-state index in [2.05, 4.69) is 5.10 Å². The molecule has 0 bridgehead atoms. The number of thiophene rings is 1. The van der Waals surface area contributed by atoms with Crippen LogP contribution in [0.5, 0.6) is 0 Å². The Morgan fingerprint density at radius 1 is 1.25 bits per heavy atom. The molecule has 0 N–H and O–H groups in total. The first-order chi connectivity index (χ1) is 13.1. The van der Waals surface area contributed by atoms with Crippen molar-refractivity contribution < 1.29 is 26.4 Å². The Balaban J connectivity index is 1.54. The van der Waals surface area contributed by atoms with Gasteiger partial charge in [0.2, 0.25) is 5.91 Å². The topological polar surface area (TPSA) is 75.5 Å². The number of carbonyl (C=O) groups excluding carboxylic acids is 1. The molecule has 1 aliphatic rings. The number of carbonyl (C=O) groups is 1. The molecule has 0 unspecified atom stereocenters. The van der Waals surface area contributed by atoms with Gasteiger partial charge in [-0.1, -0.05) is 6.07 Å². The van der Waals surface area contributed by atoms with Crippen LogP contribution < -0.4 is 0 Å². The Hall–Kier alpha value is -1.92. The number of sulfonamides is 1. The first-order valence-corrected chi connectivity index (χ1v) is 10.8. The standard InChI is InChI=1S/C16H19F3N4O3S2/c1-12-11-13(16(17,18)19)20-23(12)5-4-14(24)21-6-8-22(9-7-21)28(25,26)15-3-2-10-27-15/h2-3,10-11H,4-9H2,1H3. The van der Waals surface area contributed by atoms with Crippen LogP contribution in [0.1, 0.15) is 17.8 Å². The lowest BCUT2D eigenvalue weighted by Gasteiger charge is -2.33. The fourth-order valence-electron chi connectivity index (χ4n) is 2.95. The lowest BCUT2D eigenvalue weighted by atomic mass is 10.3. The van der Waals surface area contributed by atoms with Crippen molar-refractivity contribution in [3.63, 3.8) is 0 Å². The molecule has 0 aromatic carbocycles. The van der Waals surface area contributed by atoms with E-state index in [-0.39, 0.29) is 49.3 Å². The number of rotatable bonds is 5. The van der Waals surface area contributed by atoms with Gasteiger partial charge < -0.3 is 4.90 Å². The zero-order valence-corrected chi connectivity index (χ0v) is 16.6. The molecule has 0 saturated carbocycles. The molecule has 1 amide bonds. The van der Waals surface area contributed by atoms with Crippen molar-refractivity contribution in [3.05, 3.63) is 35.0 Å². The third kappa shape index (κ3) is 4.39. The van der Waals surface area contributed by atoms with E-state index in [0.717, 1.165) is 22.1 Å². The van der Waals surface area contributed by atoms with Gasteiger partial charge in [-0.3, -0.25) is 9.48 Å².